The Hall–Kier alpha value is -1.72. The summed E-state index contributed by atoms with van der Waals surface area (Å²) in [6, 6.07) is 7.59. The Bertz CT molecular complexity index is 503. The zero-order valence-electron chi connectivity index (χ0n) is 7.82. The molecular formula is C12H10O2. The van der Waals surface area contributed by atoms with Crippen LogP contribution in [0.4, 0.5) is 0 Å². The van der Waals surface area contributed by atoms with Crippen molar-refractivity contribution in [2.24, 2.45) is 0 Å². The Labute approximate surface area is 82.2 Å². The van der Waals surface area contributed by atoms with Crippen molar-refractivity contribution in [3.63, 3.8) is 0 Å². The van der Waals surface area contributed by atoms with Gasteiger partial charge in [0.2, 0.25) is 0 Å². The summed E-state index contributed by atoms with van der Waals surface area (Å²) in [6.45, 7) is 2.00. The van der Waals surface area contributed by atoms with E-state index < -0.39 is 6.10 Å². The molecule has 0 fully saturated rings. The Morgan fingerprint density at radius 1 is 1.43 bits per heavy atom. The van der Waals surface area contributed by atoms with Gasteiger partial charge in [-0.15, -0.1) is 6.42 Å². The van der Waals surface area contributed by atoms with Crippen LogP contribution in [0.3, 0.4) is 0 Å². The lowest BCUT2D eigenvalue weighted by Gasteiger charge is -1.94. The van der Waals surface area contributed by atoms with Crippen LogP contribution in [0.25, 0.3) is 11.0 Å². The monoisotopic (exact) mass is 186 g/mol. The van der Waals surface area contributed by atoms with Gasteiger partial charge in [0.15, 0.2) is 6.10 Å². The molecule has 0 aliphatic heterocycles. The second kappa shape index (κ2) is 3.21. The fourth-order valence-electron chi connectivity index (χ4n) is 1.40. The second-order valence-electron chi connectivity index (χ2n) is 3.26. The second-order valence-corrected chi connectivity index (χ2v) is 3.26. The lowest BCUT2D eigenvalue weighted by Crippen LogP contribution is -1.88. The number of aliphatic hydroxyl groups excluding tert-OH is 1. The van der Waals surface area contributed by atoms with Crippen LogP contribution in [0.15, 0.2) is 28.7 Å². The standard InChI is InChI=1S/C12H10O2/c1-3-10(13)12-7-9-6-8(2)4-5-11(9)14-12/h1,4-7,10,13H,2H3. The predicted molar refractivity (Wildman–Crippen MR) is 54.7 cm³/mol. The molecule has 2 heteroatoms. The van der Waals surface area contributed by atoms with Gasteiger partial charge in [-0.05, 0) is 25.1 Å². The van der Waals surface area contributed by atoms with Gasteiger partial charge in [-0.25, -0.2) is 0 Å². The van der Waals surface area contributed by atoms with Gasteiger partial charge < -0.3 is 9.52 Å². The van der Waals surface area contributed by atoms with E-state index in [1.165, 1.54) is 0 Å². The van der Waals surface area contributed by atoms with Gasteiger partial charge in [-0.1, -0.05) is 17.6 Å². The summed E-state index contributed by atoms with van der Waals surface area (Å²) in [7, 11) is 0. The normalized spacial score (nSPS) is 12.6. The summed E-state index contributed by atoms with van der Waals surface area (Å²) >= 11 is 0. The summed E-state index contributed by atoms with van der Waals surface area (Å²) in [5, 5.41) is 10.3. The molecule has 0 spiro atoms. The van der Waals surface area contributed by atoms with Crippen LogP contribution < -0.4 is 0 Å². The van der Waals surface area contributed by atoms with Gasteiger partial charge in [0.05, 0.1) is 0 Å². The number of fused-ring (bicyclic) bond motifs is 1. The van der Waals surface area contributed by atoms with Gasteiger partial charge in [-0.3, -0.25) is 0 Å². The minimum Gasteiger partial charge on any atom is -0.457 e. The predicted octanol–water partition coefficient (Wildman–Crippen LogP) is 2.41. The summed E-state index contributed by atoms with van der Waals surface area (Å²) < 4.78 is 5.38. The summed E-state index contributed by atoms with van der Waals surface area (Å²) in [5.74, 6) is 2.64. The Kier molecular flexibility index (Phi) is 2.03. The van der Waals surface area contributed by atoms with Crippen LogP contribution in [-0.4, -0.2) is 5.11 Å². The highest BCUT2D eigenvalue weighted by molar-refractivity contribution is 5.78. The Morgan fingerprint density at radius 3 is 2.93 bits per heavy atom. The molecule has 2 nitrogen and oxygen atoms in total. The van der Waals surface area contributed by atoms with E-state index in [-0.39, 0.29) is 0 Å². The van der Waals surface area contributed by atoms with Crippen molar-refractivity contribution in [2.75, 3.05) is 0 Å². The quantitative estimate of drug-likeness (QED) is 0.694. The minimum absolute atomic E-state index is 0.424. The lowest BCUT2D eigenvalue weighted by molar-refractivity contribution is 0.209. The van der Waals surface area contributed by atoms with Crippen molar-refractivity contribution in [1.29, 1.82) is 0 Å². The van der Waals surface area contributed by atoms with Crippen LogP contribution in [0.1, 0.15) is 17.4 Å². The van der Waals surface area contributed by atoms with Crippen molar-refractivity contribution in [1.82, 2.24) is 0 Å². The van der Waals surface area contributed by atoms with Crippen LogP contribution in [0.5, 0.6) is 0 Å². The average Bonchev–Trinajstić information content (AvgIpc) is 2.59. The van der Waals surface area contributed by atoms with E-state index in [0.29, 0.717) is 5.76 Å². The number of aryl methyl sites for hydroxylation is 1. The Balaban J connectivity index is 2.58. The van der Waals surface area contributed by atoms with Crippen molar-refractivity contribution in [3.05, 3.63) is 35.6 Å². The van der Waals surface area contributed by atoms with Crippen molar-refractivity contribution >= 4 is 11.0 Å². The van der Waals surface area contributed by atoms with Gasteiger partial charge in [0.1, 0.15) is 11.3 Å². The number of hydrogen-bond donors (Lipinski definition) is 1. The summed E-state index contributed by atoms with van der Waals surface area (Å²) in [4.78, 5) is 0. The maximum absolute atomic E-state index is 9.37. The Morgan fingerprint density at radius 2 is 2.21 bits per heavy atom. The molecule has 0 saturated carbocycles. The van der Waals surface area contributed by atoms with Gasteiger partial charge in [0, 0.05) is 5.39 Å². The van der Waals surface area contributed by atoms with E-state index in [0.717, 1.165) is 16.5 Å². The largest absolute Gasteiger partial charge is 0.457 e. The molecule has 0 saturated heterocycles. The third kappa shape index (κ3) is 1.39. The number of rotatable bonds is 1. The third-order valence-corrected chi connectivity index (χ3v) is 2.12. The van der Waals surface area contributed by atoms with Crippen molar-refractivity contribution < 1.29 is 9.52 Å². The van der Waals surface area contributed by atoms with Gasteiger partial charge >= 0.3 is 0 Å². The zero-order chi connectivity index (χ0) is 10.1. The first-order chi connectivity index (χ1) is 6.70. The van der Waals surface area contributed by atoms with Crippen LogP contribution in [-0.2, 0) is 0 Å². The molecule has 70 valence electrons. The minimum atomic E-state index is -0.956. The first-order valence-corrected chi connectivity index (χ1v) is 4.35. The number of furan rings is 1. The molecule has 2 rings (SSSR count). The molecule has 1 aromatic heterocycles. The molecule has 1 N–H and O–H groups in total. The third-order valence-electron chi connectivity index (χ3n) is 2.12. The number of terminal acetylenes is 1. The molecule has 0 radical (unpaired) electrons. The van der Waals surface area contributed by atoms with Crippen molar-refractivity contribution in [3.8, 4) is 12.3 Å². The zero-order valence-corrected chi connectivity index (χ0v) is 7.82. The molecule has 1 atom stereocenters. The topological polar surface area (TPSA) is 33.4 Å². The first-order valence-electron chi connectivity index (χ1n) is 4.35. The molecule has 0 aliphatic carbocycles. The van der Waals surface area contributed by atoms with Gasteiger partial charge in [0.25, 0.3) is 0 Å². The summed E-state index contributed by atoms with van der Waals surface area (Å²) in [6.07, 6.45) is 4.14. The lowest BCUT2D eigenvalue weighted by atomic mass is 10.2. The highest BCUT2D eigenvalue weighted by atomic mass is 16.4. The maximum Gasteiger partial charge on any atom is 0.172 e. The average molecular weight is 186 g/mol. The molecule has 0 amide bonds. The maximum atomic E-state index is 9.37. The first kappa shape index (κ1) is 8.86. The summed E-state index contributed by atoms with van der Waals surface area (Å²) in [5.41, 5.74) is 1.90. The fraction of sp³-hybridized carbons (Fsp3) is 0.167. The van der Waals surface area contributed by atoms with E-state index >= 15 is 0 Å². The van der Waals surface area contributed by atoms with E-state index in [4.69, 9.17) is 10.8 Å². The highest BCUT2D eigenvalue weighted by Crippen LogP contribution is 2.24. The molecule has 1 aromatic carbocycles. The molecule has 0 bridgehead atoms. The molecule has 14 heavy (non-hydrogen) atoms. The van der Waals surface area contributed by atoms with Crippen molar-refractivity contribution in [2.45, 2.75) is 13.0 Å². The van der Waals surface area contributed by atoms with Crippen LogP contribution in [0.2, 0.25) is 0 Å². The van der Waals surface area contributed by atoms with E-state index in [9.17, 15) is 5.11 Å². The van der Waals surface area contributed by atoms with E-state index in [2.05, 4.69) is 5.92 Å². The smallest absolute Gasteiger partial charge is 0.172 e. The molecule has 1 unspecified atom stereocenters. The van der Waals surface area contributed by atoms with E-state index in [1.807, 2.05) is 25.1 Å². The van der Waals surface area contributed by atoms with Gasteiger partial charge in [-0.2, -0.15) is 0 Å². The SMILES string of the molecule is C#CC(O)c1cc2cc(C)ccc2o1. The fourth-order valence-corrected chi connectivity index (χ4v) is 1.40. The highest BCUT2D eigenvalue weighted by Gasteiger charge is 2.09. The van der Waals surface area contributed by atoms with Crippen LogP contribution >= 0.6 is 0 Å². The molecule has 1 heterocycles. The molecular weight excluding hydrogens is 176 g/mol. The molecule has 2 aromatic rings. The molecule has 0 aliphatic rings. The van der Waals surface area contributed by atoms with E-state index in [1.54, 1.807) is 6.07 Å². The number of hydrogen-bond acceptors (Lipinski definition) is 2. The number of aliphatic hydroxyl groups is 1. The number of benzene rings is 1. The van der Waals surface area contributed by atoms with Crippen LogP contribution in [0, 0.1) is 19.3 Å².